The maximum Gasteiger partial charge on any atom is 0.331 e. The van der Waals surface area contributed by atoms with E-state index in [-0.39, 0.29) is 6.61 Å². The second-order valence-corrected chi connectivity index (χ2v) is 4.85. The molecule has 0 bridgehead atoms. The molecule has 3 heteroatoms. The average molecular weight is 238 g/mol. The van der Waals surface area contributed by atoms with Gasteiger partial charge in [-0.3, -0.25) is 0 Å². The molecule has 1 rings (SSSR count). The maximum absolute atomic E-state index is 11.1. The van der Waals surface area contributed by atoms with Crippen LogP contribution in [0.2, 0.25) is 0 Å². The minimum absolute atomic E-state index is 0.180. The van der Waals surface area contributed by atoms with Gasteiger partial charge in [0, 0.05) is 12.2 Å². The average Bonchev–Trinajstić information content (AvgIpc) is 2.28. The number of unbranched alkanes of at least 4 members (excludes halogenated alkanes) is 1. The van der Waals surface area contributed by atoms with Crippen LogP contribution in [0.3, 0.4) is 0 Å². The van der Waals surface area contributed by atoms with Crippen molar-refractivity contribution in [3.8, 4) is 0 Å². The van der Waals surface area contributed by atoms with Crippen LogP contribution in [0.1, 0.15) is 45.4 Å². The second-order valence-electron chi connectivity index (χ2n) is 4.85. The van der Waals surface area contributed by atoms with E-state index in [1.807, 2.05) is 6.92 Å². The van der Waals surface area contributed by atoms with Crippen LogP contribution in [0.4, 0.5) is 0 Å². The van der Waals surface area contributed by atoms with Crippen molar-refractivity contribution in [1.82, 2.24) is 0 Å². The Morgan fingerprint density at radius 1 is 1.47 bits per heavy atom. The molecule has 0 spiro atoms. The Kier molecular flexibility index (Phi) is 5.42. The van der Waals surface area contributed by atoms with Crippen LogP contribution in [0.15, 0.2) is 23.3 Å². The van der Waals surface area contributed by atoms with E-state index in [1.54, 1.807) is 0 Å². The zero-order chi connectivity index (χ0) is 12.8. The van der Waals surface area contributed by atoms with Crippen molar-refractivity contribution in [3.05, 3.63) is 23.3 Å². The molecule has 0 amide bonds. The Balaban J connectivity index is 2.73. The fourth-order valence-corrected chi connectivity index (χ4v) is 2.40. The van der Waals surface area contributed by atoms with Gasteiger partial charge in [-0.15, -0.1) is 0 Å². The fourth-order valence-electron chi connectivity index (χ4n) is 2.40. The Morgan fingerprint density at radius 2 is 2.18 bits per heavy atom. The lowest BCUT2D eigenvalue weighted by atomic mass is 9.79. The number of carboxylic acid groups (broad SMARTS) is 1. The molecule has 0 aliphatic heterocycles. The van der Waals surface area contributed by atoms with Gasteiger partial charge in [-0.2, -0.15) is 0 Å². The van der Waals surface area contributed by atoms with Gasteiger partial charge in [-0.1, -0.05) is 17.7 Å². The monoisotopic (exact) mass is 238 g/mol. The summed E-state index contributed by atoms with van der Waals surface area (Å²) < 4.78 is 0. The van der Waals surface area contributed by atoms with Crippen molar-refractivity contribution in [2.45, 2.75) is 45.4 Å². The van der Waals surface area contributed by atoms with Gasteiger partial charge in [0.2, 0.25) is 0 Å². The molecule has 1 unspecified atom stereocenters. The van der Waals surface area contributed by atoms with E-state index >= 15 is 0 Å². The lowest BCUT2D eigenvalue weighted by Gasteiger charge is -2.26. The Hall–Kier alpha value is -1.09. The summed E-state index contributed by atoms with van der Waals surface area (Å²) in [6.45, 7) is 6.17. The third kappa shape index (κ3) is 4.00. The highest BCUT2D eigenvalue weighted by molar-refractivity contribution is 5.87. The molecule has 0 saturated heterocycles. The van der Waals surface area contributed by atoms with Gasteiger partial charge in [-0.25, -0.2) is 4.79 Å². The molecule has 0 aromatic heterocycles. The van der Waals surface area contributed by atoms with E-state index < -0.39 is 5.97 Å². The number of aliphatic hydroxyl groups excluding tert-OH is 1. The zero-order valence-corrected chi connectivity index (χ0v) is 10.5. The molecular weight excluding hydrogens is 216 g/mol. The summed E-state index contributed by atoms with van der Waals surface area (Å²) in [5.41, 5.74) is 2.81. The first-order valence-corrected chi connectivity index (χ1v) is 6.26. The van der Waals surface area contributed by atoms with E-state index in [4.69, 9.17) is 10.2 Å². The summed E-state index contributed by atoms with van der Waals surface area (Å²) in [6.07, 6.45) is 4.80. The highest BCUT2D eigenvalue weighted by Gasteiger charge is 2.24. The Morgan fingerprint density at radius 3 is 2.71 bits per heavy atom. The SMILES string of the molecule is C=C(C)C1CCC(C(=O)O)=C(CCCCO)C1. The molecule has 1 aliphatic carbocycles. The van der Waals surface area contributed by atoms with Crippen molar-refractivity contribution in [2.75, 3.05) is 6.61 Å². The number of carboxylic acids is 1. The van der Waals surface area contributed by atoms with Gasteiger partial charge in [0.15, 0.2) is 0 Å². The van der Waals surface area contributed by atoms with Crippen molar-refractivity contribution >= 4 is 5.97 Å². The largest absolute Gasteiger partial charge is 0.478 e. The Labute approximate surface area is 103 Å². The molecule has 0 heterocycles. The molecule has 17 heavy (non-hydrogen) atoms. The van der Waals surface area contributed by atoms with Gasteiger partial charge < -0.3 is 10.2 Å². The van der Waals surface area contributed by atoms with Crippen molar-refractivity contribution < 1.29 is 15.0 Å². The molecule has 0 radical (unpaired) electrons. The molecule has 2 N–H and O–H groups in total. The Bertz CT molecular complexity index is 328. The van der Waals surface area contributed by atoms with Gasteiger partial charge in [0.1, 0.15) is 0 Å². The first kappa shape index (κ1) is 14.0. The predicted octanol–water partition coefficient (Wildman–Crippen LogP) is 2.91. The summed E-state index contributed by atoms with van der Waals surface area (Å²) in [5, 5.41) is 17.9. The summed E-state index contributed by atoms with van der Waals surface area (Å²) in [4.78, 5) is 11.1. The fraction of sp³-hybridized carbons (Fsp3) is 0.643. The smallest absolute Gasteiger partial charge is 0.331 e. The van der Waals surface area contributed by atoms with Crippen LogP contribution < -0.4 is 0 Å². The van der Waals surface area contributed by atoms with Crippen LogP contribution in [0.25, 0.3) is 0 Å². The van der Waals surface area contributed by atoms with Crippen LogP contribution in [-0.4, -0.2) is 22.8 Å². The lowest BCUT2D eigenvalue weighted by molar-refractivity contribution is -0.133. The van der Waals surface area contributed by atoms with Crippen LogP contribution >= 0.6 is 0 Å². The van der Waals surface area contributed by atoms with Gasteiger partial charge in [-0.05, 0) is 51.4 Å². The quantitative estimate of drug-likeness (QED) is 0.552. The molecule has 1 atom stereocenters. The summed E-state index contributed by atoms with van der Waals surface area (Å²) in [7, 11) is 0. The standard InChI is InChI=1S/C14H22O3/c1-10(2)11-6-7-13(14(16)17)12(9-11)5-3-4-8-15/h11,15H,1,3-9H2,2H3,(H,16,17). The highest BCUT2D eigenvalue weighted by Crippen LogP contribution is 2.35. The topological polar surface area (TPSA) is 57.5 Å². The summed E-state index contributed by atoms with van der Waals surface area (Å²) in [5.74, 6) is -0.341. The number of hydrogen-bond acceptors (Lipinski definition) is 2. The van der Waals surface area contributed by atoms with Crippen LogP contribution in [-0.2, 0) is 4.79 Å². The molecule has 96 valence electrons. The number of hydrogen-bond donors (Lipinski definition) is 2. The number of rotatable bonds is 6. The third-order valence-corrected chi connectivity index (χ3v) is 3.50. The van der Waals surface area contributed by atoms with E-state index in [1.165, 1.54) is 0 Å². The molecule has 0 aromatic carbocycles. The van der Waals surface area contributed by atoms with Crippen molar-refractivity contribution in [2.24, 2.45) is 5.92 Å². The first-order chi connectivity index (χ1) is 8.06. The summed E-state index contributed by atoms with van der Waals surface area (Å²) >= 11 is 0. The lowest BCUT2D eigenvalue weighted by Crippen LogP contribution is -2.16. The van der Waals surface area contributed by atoms with Gasteiger partial charge in [0.25, 0.3) is 0 Å². The third-order valence-electron chi connectivity index (χ3n) is 3.50. The minimum atomic E-state index is -0.774. The van der Waals surface area contributed by atoms with Crippen molar-refractivity contribution in [1.29, 1.82) is 0 Å². The maximum atomic E-state index is 11.1. The zero-order valence-electron chi connectivity index (χ0n) is 10.5. The van der Waals surface area contributed by atoms with Gasteiger partial charge >= 0.3 is 5.97 Å². The van der Waals surface area contributed by atoms with E-state index in [2.05, 4.69) is 6.58 Å². The number of aliphatic hydroxyl groups is 1. The second kappa shape index (κ2) is 6.60. The molecule has 1 aliphatic rings. The summed E-state index contributed by atoms with van der Waals surface area (Å²) in [6, 6.07) is 0. The van der Waals surface area contributed by atoms with E-state index in [9.17, 15) is 4.79 Å². The minimum Gasteiger partial charge on any atom is -0.478 e. The van der Waals surface area contributed by atoms with Crippen LogP contribution in [0.5, 0.6) is 0 Å². The highest BCUT2D eigenvalue weighted by atomic mass is 16.4. The normalized spacial score (nSPS) is 20.5. The predicted molar refractivity (Wildman–Crippen MR) is 67.8 cm³/mol. The molecule has 0 saturated carbocycles. The van der Waals surface area contributed by atoms with E-state index in [0.717, 1.165) is 43.3 Å². The molecule has 3 nitrogen and oxygen atoms in total. The van der Waals surface area contributed by atoms with E-state index in [0.29, 0.717) is 17.9 Å². The molecule has 0 aromatic rings. The first-order valence-electron chi connectivity index (χ1n) is 6.26. The molecular formula is C14H22O3. The van der Waals surface area contributed by atoms with Crippen LogP contribution in [0, 0.1) is 5.92 Å². The number of carbonyl (C=O) groups is 1. The number of allylic oxidation sites excluding steroid dienone is 2. The van der Waals surface area contributed by atoms with Crippen molar-refractivity contribution in [3.63, 3.8) is 0 Å². The van der Waals surface area contributed by atoms with Gasteiger partial charge in [0.05, 0.1) is 0 Å². The molecule has 0 fully saturated rings. The number of aliphatic carboxylic acids is 1.